The summed E-state index contributed by atoms with van der Waals surface area (Å²) >= 11 is 13.7. The Morgan fingerprint density at radius 3 is 2.83 bits per heavy atom. The van der Waals surface area contributed by atoms with Crippen molar-refractivity contribution < 1.29 is 4.79 Å². The van der Waals surface area contributed by atoms with E-state index in [1.807, 2.05) is 21.7 Å². The summed E-state index contributed by atoms with van der Waals surface area (Å²) in [7, 11) is 0. The van der Waals surface area contributed by atoms with Crippen LogP contribution < -0.4 is 4.72 Å². The van der Waals surface area contributed by atoms with Crippen LogP contribution in [0.3, 0.4) is 0 Å². The van der Waals surface area contributed by atoms with Crippen LogP contribution >= 0.6 is 35.1 Å². The highest BCUT2D eigenvalue weighted by atomic mass is 35.5. The monoisotopic (exact) mass is 450 g/mol. The van der Waals surface area contributed by atoms with Crippen LogP contribution in [0.25, 0.3) is 0 Å². The average molecular weight is 451 g/mol. The summed E-state index contributed by atoms with van der Waals surface area (Å²) in [5.41, 5.74) is 0.591. The van der Waals surface area contributed by atoms with E-state index in [4.69, 9.17) is 23.2 Å². The number of hydrogen-bond donors (Lipinski definition) is 1. The second-order valence-corrected chi connectivity index (χ2v) is 9.07. The molecule has 1 N–H and O–H groups in total. The number of piperidine rings is 1. The van der Waals surface area contributed by atoms with E-state index in [-0.39, 0.29) is 5.91 Å². The van der Waals surface area contributed by atoms with Crippen LogP contribution in [0.5, 0.6) is 0 Å². The van der Waals surface area contributed by atoms with Gasteiger partial charge in [-0.3, -0.25) is 4.79 Å². The van der Waals surface area contributed by atoms with Crippen molar-refractivity contribution in [2.75, 3.05) is 13.1 Å². The van der Waals surface area contributed by atoms with Gasteiger partial charge in [0.15, 0.2) is 0 Å². The number of likely N-dealkylation sites (tertiary alicyclic amines) is 1. The van der Waals surface area contributed by atoms with Crippen molar-refractivity contribution in [1.82, 2.24) is 14.2 Å². The number of amides is 1. The molecule has 1 amide bonds. The lowest BCUT2D eigenvalue weighted by atomic mass is 9.98. The smallest absolute Gasteiger partial charge is 0.240 e. The first kappa shape index (κ1) is 22.0. The Bertz CT molecular complexity index is 887. The molecule has 5 nitrogen and oxygen atoms in total. The maximum Gasteiger partial charge on any atom is 0.240 e. The summed E-state index contributed by atoms with van der Waals surface area (Å²) in [6.07, 6.45) is 4.49. The van der Waals surface area contributed by atoms with Crippen molar-refractivity contribution in [3.63, 3.8) is 0 Å². The Labute approximate surface area is 186 Å². The maximum atomic E-state index is 13.2. The van der Waals surface area contributed by atoms with E-state index < -0.39 is 6.04 Å². The van der Waals surface area contributed by atoms with Crippen LogP contribution in [0, 0.1) is 17.2 Å². The minimum atomic E-state index is -0.391. The van der Waals surface area contributed by atoms with Crippen molar-refractivity contribution in [1.29, 1.82) is 5.26 Å². The zero-order valence-corrected chi connectivity index (χ0v) is 18.6. The van der Waals surface area contributed by atoms with Crippen molar-refractivity contribution in [3.8, 4) is 6.07 Å². The molecular weight excluding hydrogens is 427 g/mol. The van der Waals surface area contributed by atoms with Gasteiger partial charge in [-0.2, -0.15) is 5.26 Å². The topological polar surface area (TPSA) is 61.1 Å². The fraction of sp³-hybridized carbons (Fsp3) is 0.429. The molecule has 1 aromatic heterocycles. The van der Waals surface area contributed by atoms with Crippen molar-refractivity contribution in [2.45, 2.75) is 43.7 Å². The zero-order valence-electron chi connectivity index (χ0n) is 16.3. The SMILES string of the molecule is CC1CCN(C(=O)C(CCn2cccc2C#N)NSc2cc(Cl)ccc2Cl)CC1. The molecule has 1 aliphatic rings. The van der Waals surface area contributed by atoms with Crippen LogP contribution in [0.2, 0.25) is 10.0 Å². The van der Waals surface area contributed by atoms with Gasteiger partial charge in [-0.15, -0.1) is 0 Å². The lowest BCUT2D eigenvalue weighted by molar-refractivity contribution is -0.134. The van der Waals surface area contributed by atoms with Gasteiger partial charge in [0, 0.05) is 35.7 Å². The van der Waals surface area contributed by atoms with E-state index in [9.17, 15) is 10.1 Å². The first-order chi connectivity index (χ1) is 14.0. The van der Waals surface area contributed by atoms with Gasteiger partial charge in [-0.05, 0) is 67.5 Å². The average Bonchev–Trinajstić information content (AvgIpc) is 3.18. The number of nitrogens with one attached hydrogen (secondary N) is 1. The van der Waals surface area contributed by atoms with Gasteiger partial charge in [-0.25, -0.2) is 4.72 Å². The summed E-state index contributed by atoms with van der Waals surface area (Å²) in [5.74, 6) is 0.747. The highest BCUT2D eigenvalue weighted by Crippen LogP contribution is 2.29. The van der Waals surface area contributed by atoms with Crippen molar-refractivity contribution in [3.05, 3.63) is 52.3 Å². The second-order valence-electron chi connectivity index (χ2n) is 7.34. The Balaban J connectivity index is 1.70. The fourth-order valence-electron chi connectivity index (χ4n) is 3.35. The molecule has 1 atom stereocenters. The summed E-state index contributed by atoms with van der Waals surface area (Å²) in [6, 6.07) is 10.7. The molecule has 154 valence electrons. The number of aryl methyl sites for hydroxylation is 1. The molecule has 0 saturated carbocycles. The summed E-state index contributed by atoms with van der Waals surface area (Å²) in [4.78, 5) is 15.9. The third kappa shape index (κ3) is 5.93. The molecule has 0 bridgehead atoms. The van der Waals surface area contributed by atoms with E-state index >= 15 is 0 Å². The molecule has 1 unspecified atom stereocenters. The molecule has 2 heterocycles. The standard InChI is InChI=1S/C21H24Cl2N4OS/c1-15-6-10-27(11-7-15)21(28)19(8-12-26-9-2-3-17(26)14-24)25-29-20-13-16(22)4-5-18(20)23/h2-5,9,13,15,19,25H,6-8,10-12H2,1H3. The van der Waals surface area contributed by atoms with Gasteiger partial charge in [0.25, 0.3) is 0 Å². The number of rotatable bonds is 7. The highest BCUT2D eigenvalue weighted by molar-refractivity contribution is 7.97. The van der Waals surface area contributed by atoms with Gasteiger partial charge < -0.3 is 9.47 Å². The van der Waals surface area contributed by atoms with E-state index in [0.29, 0.717) is 34.6 Å². The summed E-state index contributed by atoms with van der Waals surface area (Å²) < 4.78 is 5.17. The number of nitriles is 1. The largest absolute Gasteiger partial charge is 0.341 e. The highest BCUT2D eigenvalue weighted by Gasteiger charge is 2.27. The Morgan fingerprint density at radius 1 is 1.34 bits per heavy atom. The summed E-state index contributed by atoms with van der Waals surface area (Å²) in [6.45, 7) is 4.37. The predicted octanol–water partition coefficient (Wildman–Crippen LogP) is 4.98. The minimum absolute atomic E-state index is 0.0909. The Morgan fingerprint density at radius 2 is 2.10 bits per heavy atom. The third-order valence-electron chi connectivity index (χ3n) is 5.20. The lowest BCUT2D eigenvalue weighted by Crippen LogP contribution is -2.47. The Kier molecular flexibility index (Phi) is 7.91. The maximum absolute atomic E-state index is 13.2. The van der Waals surface area contributed by atoms with Crippen LogP contribution in [-0.4, -0.2) is 34.5 Å². The molecule has 1 fully saturated rings. The van der Waals surface area contributed by atoms with E-state index in [0.717, 1.165) is 30.8 Å². The van der Waals surface area contributed by atoms with Gasteiger partial charge in [0.1, 0.15) is 11.8 Å². The number of hydrogen-bond acceptors (Lipinski definition) is 4. The van der Waals surface area contributed by atoms with E-state index in [1.54, 1.807) is 24.3 Å². The molecule has 0 spiro atoms. The fourth-order valence-corrected chi connectivity index (χ4v) is 4.66. The van der Waals surface area contributed by atoms with Crippen molar-refractivity contribution >= 4 is 41.1 Å². The molecule has 1 saturated heterocycles. The molecule has 0 aliphatic carbocycles. The molecular formula is C21H24Cl2N4OS. The molecule has 1 aliphatic heterocycles. The van der Waals surface area contributed by atoms with Crippen LogP contribution in [0.1, 0.15) is 31.9 Å². The number of halogens is 2. The second kappa shape index (κ2) is 10.4. The minimum Gasteiger partial charge on any atom is -0.341 e. The third-order valence-corrected chi connectivity index (χ3v) is 6.84. The van der Waals surface area contributed by atoms with Crippen LogP contribution in [0.15, 0.2) is 41.4 Å². The first-order valence-electron chi connectivity index (χ1n) is 9.69. The van der Waals surface area contributed by atoms with Crippen LogP contribution in [-0.2, 0) is 11.3 Å². The number of aromatic nitrogens is 1. The predicted molar refractivity (Wildman–Crippen MR) is 118 cm³/mol. The molecule has 29 heavy (non-hydrogen) atoms. The van der Waals surface area contributed by atoms with Gasteiger partial charge >= 0.3 is 0 Å². The van der Waals surface area contributed by atoms with Crippen molar-refractivity contribution in [2.24, 2.45) is 5.92 Å². The lowest BCUT2D eigenvalue weighted by Gasteiger charge is -2.33. The number of nitrogens with zero attached hydrogens (tertiary/aromatic N) is 3. The molecule has 8 heteroatoms. The molecule has 0 radical (unpaired) electrons. The summed E-state index contributed by atoms with van der Waals surface area (Å²) in [5, 5.41) is 10.4. The van der Waals surface area contributed by atoms with E-state index in [1.165, 1.54) is 11.9 Å². The zero-order chi connectivity index (χ0) is 20.8. The van der Waals surface area contributed by atoms with E-state index in [2.05, 4.69) is 17.7 Å². The quantitative estimate of drug-likeness (QED) is 0.604. The molecule has 3 rings (SSSR count). The van der Waals surface area contributed by atoms with Gasteiger partial charge in [0.05, 0.1) is 11.1 Å². The number of carbonyl (C=O) groups excluding carboxylic acids is 1. The number of benzene rings is 1. The Hall–Kier alpha value is -1.65. The normalized spacial score (nSPS) is 15.9. The van der Waals surface area contributed by atoms with Gasteiger partial charge in [0.2, 0.25) is 5.91 Å². The molecule has 2 aromatic rings. The first-order valence-corrected chi connectivity index (χ1v) is 11.3. The van der Waals surface area contributed by atoms with Crippen LogP contribution in [0.4, 0.5) is 0 Å². The number of carbonyl (C=O) groups is 1. The van der Waals surface area contributed by atoms with Gasteiger partial charge in [-0.1, -0.05) is 30.1 Å². The molecule has 1 aromatic carbocycles.